The average Bonchev–Trinajstić information content (AvgIpc) is 2.65. The van der Waals surface area contributed by atoms with Crippen LogP contribution in [0.25, 0.3) is 0 Å². The Hall–Kier alpha value is -0.120. The zero-order valence-electron chi connectivity index (χ0n) is 10.1. The maximum absolute atomic E-state index is 5.85. The Morgan fingerprint density at radius 1 is 0.867 bits per heavy atom. The molecule has 0 amide bonds. The molecule has 15 heavy (non-hydrogen) atoms. The first-order chi connectivity index (χ1) is 6.83. The Balaban J connectivity index is 1.85. The second kappa shape index (κ2) is 2.41. The van der Waals surface area contributed by atoms with Crippen LogP contribution >= 0.6 is 0 Å². The number of hydrogen-bond donors (Lipinski definition) is 0. The van der Waals surface area contributed by atoms with Crippen LogP contribution in [0.15, 0.2) is 0 Å². The maximum atomic E-state index is 5.85. The second-order valence-electron chi connectivity index (χ2n) is 6.44. The molecule has 2 spiro atoms. The molecule has 3 saturated heterocycles. The number of hydrogen-bond acceptors (Lipinski definition) is 3. The van der Waals surface area contributed by atoms with E-state index in [0.717, 1.165) is 26.2 Å². The van der Waals surface area contributed by atoms with Crippen LogP contribution in [-0.4, -0.2) is 36.6 Å². The highest BCUT2D eigenvalue weighted by molar-refractivity contribution is 5.20. The smallest absolute Gasteiger partial charge is 0.123 e. The van der Waals surface area contributed by atoms with Crippen molar-refractivity contribution in [1.29, 1.82) is 0 Å². The quantitative estimate of drug-likeness (QED) is 0.573. The van der Waals surface area contributed by atoms with Crippen molar-refractivity contribution in [2.45, 2.75) is 50.9 Å². The Labute approximate surface area is 91.1 Å². The molecule has 0 aliphatic carbocycles. The van der Waals surface area contributed by atoms with E-state index in [0.29, 0.717) is 0 Å². The predicted octanol–water partition coefficient (Wildman–Crippen LogP) is 1.75. The normalized spacial score (nSPS) is 50.4. The molecular formula is C12H20O3. The Morgan fingerprint density at radius 2 is 1.47 bits per heavy atom. The van der Waals surface area contributed by atoms with Gasteiger partial charge in [-0.25, -0.2) is 0 Å². The van der Waals surface area contributed by atoms with Crippen molar-refractivity contribution >= 4 is 0 Å². The van der Waals surface area contributed by atoms with Gasteiger partial charge >= 0.3 is 0 Å². The number of ether oxygens (including phenoxy) is 3. The lowest BCUT2D eigenvalue weighted by molar-refractivity contribution is -0.299. The molecule has 3 aliphatic rings. The van der Waals surface area contributed by atoms with Crippen LogP contribution in [0.3, 0.4) is 0 Å². The molecular weight excluding hydrogens is 192 g/mol. The van der Waals surface area contributed by atoms with Gasteiger partial charge in [0.25, 0.3) is 0 Å². The summed E-state index contributed by atoms with van der Waals surface area (Å²) in [5, 5.41) is 0. The fourth-order valence-corrected chi connectivity index (χ4v) is 2.95. The van der Waals surface area contributed by atoms with Crippen molar-refractivity contribution in [3.8, 4) is 0 Å². The third-order valence-corrected chi connectivity index (χ3v) is 4.69. The van der Waals surface area contributed by atoms with Gasteiger partial charge in [0.05, 0.1) is 25.4 Å². The molecule has 3 fully saturated rings. The third-order valence-electron chi connectivity index (χ3n) is 4.69. The summed E-state index contributed by atoms with van der Waals surface area (Å²) < 4.78 is 17.4. The zero-order chi connectivity index (χ0) is 10.9. The highest BCUT2D eigenvalue weighted by atomic mass is 16.7. The largest absolute Gasteiger partial charge is 0.375 e. The van der Waals surface area contributed by atoms with Gasteiger partial charge in [-0.1, -0.05) is 13.8 Å². The SMILES string of the molecule is CC1(C)COC12COCC1(C2)OC1(C)C. The van der Waals surface area contributed by atoms with E-state index in [1.165, 1.54) is 0 Å². The van der Waals surface area contributed by atoms with Crippen molar-refractivity contribution in [3.63, 3.8) is 0 Å². The first kappa shape index (κ1) is 10.1. The lowest BCUT2D eigenvalue weighted by Gasteiger charge is -2.58. The van der Waals surface area contributed by atoms with Crippen LogP contribution < -0.4 is 0 Å². The number of epoxide rings is 1. The maximum Gasteiger partial charge on any atom is 0.123 e. The van der Waals surface area contributed by atoms with E-state index < -0.39 is 0 Å². The highest BCUT2D eigenvalue weighted by Gasteiger charge is 2.72. The van der Waals surface area contributed by atoms with E-state index in [2.05, 4.69) is 27.7 Å². The monoisotopic (exact) mass is 212 g/mol. The van der Waals surface area contributed by atoms with Gasteiger partial charge in [0.2, 0.25) is 0 Å². The number of rotatable bonds is 0. The molecule has 3 heteroatoms. The first-order valence-electron chi connectivity index (χ1n) is 5.75. The summed E-state index contributed by atoms with van der Waals surface area (Å²) in [5.41, 5.74) is 0.0138. The van der Waals surface area contributed by atoms with Crippen LogP contribution in [0.1, 0.15) is 34.1 Å². The van der Waals surface area contributed by atoms with E-state index in [1.54, 1.807) is 0 Å². The summed E-state index contributed by atoms with van der Waals surface area (Å²) >= 11 is 0. The van der Waals surface area contributed by atoms with Gasteiger partial charge in [0, 0.05) is 11.8 Å². The van der Waals surface area contributed by atoms with Gasteiger partial charge in [-0.2, -0.15) is 0 Å². The van der Waals surface area contributed by atoms with Crippen molar-refractivity contribution in [2.75, 3.05) is 19.8 Å². The van der Waals surface area contributed by atoms with E-state index in [9.17, 15) is 0 Å². The van der Waals surface area contributed by atoms with Crippen LogP contribution in [0, 0.1) is 5.41 Å². The topological polar surface area (TPSA) is 31.0 Å². The van der Waals surface area contributed by atoms with Crippen LogP contribution in [0.5, 0.6) is 0 Å². The fourth-order valence-electron chi connectivity index (χ4n) is 2.95. The molecule has 2 atom stereocenters. The third kappa shape index (κ3) is 1.07. The molecule has 0 aromatic carbocycles. The van der Waals surface area contributed by atoms with E-state index >= 15 is 0 Å². The Bertz CT molecular complexity index is 310. The molecule has 0 bridgehead atoms. The molecule has 3 heterocycles. The molecule has 3 nitrogen and oxygen atoms in total. The minimum atomic E-state index is -0.0982. The summed E-state index contributed by atoms with van der Waals surface area (Å²) in [6, 6.07) is 0. The van der Waals surface area contributed by atoms with Gasteiger partial charge in [0.15, 0.2) is 0 Å². The molecule has 3 aliphatic heterocycles. The Kier molecular flexibility index (Phi) is 1.62. The summed E-state index contributed by atoms with van der Waals surface area (Å²) in [6.07, 6.45) is 0.986. The lowest BCUT2D eigenvalue weighted by Crippen LogP contribution is -2.67. The van der Waals surface area contributed by atoms with Crippen molar-refractivity contribution in [3.05, 3.63) is 0 Å². The standard InChI is InChI=1S/C12H20O3/c1-9(2)6-14-11(9)5-12(8-13-7-11)10(3,4)15-12/h5-8H2,1-4H3. The highest BCUT2D eigenvalue weighted by Crippen LogP contribution is 2.60. The first-order valence-corrected chi connectivity index (χ1v) is 5.75. The molecule has 0 aromatic rings. The van der Waals surface area contributed by atoms with Gasteiger partial charge in [-0.15, -0.1) is 0 Å². The molecule has 2 unspecified atom stereocenters. The molecule has 0 radical (unpaired) electrons. The lowest BCUT2D eigenvalue weighted by atomic mass is 9.64. The van der Waals surface area contributed by atoms with Gasteiger partial charge in [-0.3, -0.25) is 0 Å². The molecule has 0 aromatic heterocycles. The second-order valence-corrected chi connectivity index (χ2v) is 6.44. The van der Waals surface area contributed by atoms with Crippen molar-refractivity contribution in [2.24, 2.45) is 5.41 Å². The van der Waals surface area contributed by atoms with Crippen LogP contribution in [0.4, 0.5) is 0 Å². The zero-order valence-corrected chi connectivity index (χ0v) is 10.1. The minimum Gasteiger partial charge on any atom is -0.375 e. The van der Waals surface area contributed by atoms with Gasteiger partial charge in [-0.05, 0) is 13.8 Å². The van der Waals surface area contributed by atoms with E-state index in [1.807, 2.05) is 0 Å². The predicted molar refractivity (Wildman–Crippen MR) is 55.8 cm³/mol. The summed E-state index contributed by atoms with van der Waals surface area (Å²) in [5.74, 6) is 0. The summed E-state index contributed by atoms with van der Waals surface area (Å²) in [6.45, 7) is 11.1. The summed E-state index contributed by atoms with van der Waals surface area (Å²) in [7, 11) is 0. The van der Waals surface area contributed by atoms with Gasteiger partial charge < -0.3 is 14.2 Å². The van der Waals surface area contributed by atoms with E-state index in [4.69, 9.17) is 14.2 Å². The van der Waals surface area contributed by atoms with Crippen LogP contribution in [0.2, 0.25) is 0 Å². The summed E-state index contributed by atoms with van der Waals surface area (Å²) in [4.78, 5) is 0. The average molecular weight is 212 g/mol. The fraction of sp³-hybridized carbons (Fsp3) is 1.00. The molecule has 0 saturated carbocycles. The van der Waals surface area contributed by atoms with Crippen molar-refractivity contribution < 1.29 is 14.2 Å². The van der Waals surface area contributed by atoms with Crippen molar-refractivity contribution in [1.82, 2.24) is 0 Å². The Morgan fingerprint density at radius 3 is 1.87 bits per heavy atom. The van der Waals surface area contributed by atoms with E-state index in [-0.39, 0.29) is 22.2 Å². The van der Waals surface area contributed by atoms with Crippen LogP contribution in [-0.2, 0) is 14.2 Å². The molecule has 86 valence electrons. The molecule has 3 rings (SSSR count). The molecule has 0 N–H and O–H groups in total. The van der Waals surface area contributed by atoms with Gasteiger partial charge in [0.1, 0.15) is 11.2 Å². The minimum absolute atomic E-state index is 0.0323.